The molecule has 0 saturated carbocycles. The average molecular weight is 339 g/mol. The molecule has 0 fully saturated rings. The van der Waals surface area contributed by atoms with Crippen molar-refractivity contribution < 1.29 is 14.3 Å². The van der Waals surface area contributed by atoms with Gasteiger partial charge in [0.05, 0.1) is 18.6 Å². The average Bonchev–Trinajstić information content (AvgIpc) is 3.08. The van der Waals surface area contributed by atoms with Crippen LogP contribution in [0.25, 0.3) is 21.0 Å². The first-order chi connectivity index (χ1) is 11.7. The lowest BCUT2D eigenvalue weighted by Crippen LogP contribution is -2.06. The number of ether oxygens (including phenoxy) is 2. The minimum atomic E-state index is -0.401. The quantitative estimate of drug-likeness (QED) is 0.634. The van der Waals surface area contributed by atoms with Crippen LogP contribution in [0, 0.1) is 0 Å². The van der Waals surface area contributed by atoms with Crippen LogP contribution >= 0.6 is 11.3 Å². The Hall–Kier alpha value is -2.66. The van der Waals surface area contributed by atoms with Gasteiger partial charge in [-0.15, -0.1) is 11.3 Å². The fourth-order valence-electron chi connectivity index (χ4n) is 2.30. The summed E-state index contributed by atoms with van der Waals surface area (Å²) >= 11 is 1.48. The summed E-state index contributed by atoms with van der Waals surface area (Å²) in [5, 5.41) is 0.796. The van der Waals surface area contributed by atoms with Crippen molar-refractivity contribution in [3.63, 3.8) is 0 Å². The van der Waals surface area contributed by atoms with Crippen LogP contribution in [-0.4, -0.2) is 24.7 Å². The molecule has 0 spiro atoms. The molecule has 0 unspecified atom stereocenters. The van der Waals surface area contributed by atoms with Crippen LogP contribution in [0.2, 0.25) is 0 Å². The third-order valence-electron chi connectivity index (χ3n) is 3.47. The van der Waals surface area contributed by atoms with Crippen LogP contribution in [0.5, 0.6) is 5.75 Å². The zero-order valence-electron chi connectivity index (χ0n) is 13.5. The van der Waals surface area contributed by atoms with Crippen LogP contribution in [0.1, 0.15) is 17.4 Å². The van der Waals surface area contributed by atoms with Crippen molar-refractivity contribution in [1.29, 1.82) is 0 Å². The molecule has 0 radical (unpaired) electrons. The van der Waals surface area contributed by atoms with E-state index in [4.69, 9.17) is 9.47 Å². The number of aromatic nitrogens is 1. The molecule has 5 heteroatoms. The second-order valence-electron chi connectivity index (χ2n) is 5.01. The molecule has 0 N–H and O–H groups in total. The van der Waals surface area contributed by atoms with Crippen LogP contribution in [0.4, 0.5) is 0 Å². The highest BCUT2D eigenvalue weighted by atomic mass is 32.1. The van der Waals surface area contributed by atoms with E-state index in [9.17, 15) is 4.79 Å². The van der Waals surface area contributed by atoms with E-state index in [1.807, 2.05) is 54.6 Å². The zero-order valence-corrected chi connectivity index (χ0v) is 14.3. The van der Waals surface area contributed by atoms with Gasteiger partial charge in [-0.2, -0.15) is 0 Å². The highest BCUT2D eigenvalue weighted by Crippen LogP contribution is 2.36. The standard InChI is InChI=1S/C19H17NO3S/c1-3-23-19(21)16-17(13-9-11-15(22-2)12-10-13)24-18(20-16)14-7-5-4-6-8-14/h4-12H,3H2,1-2H3. The maximum Gasteiger partial charge on any atom is 0.358 e. The third kappa shape index (κ3) is 3.31. The predicted octanol–water partition coefficient (Wildman–Crippen LogP) is 4.66. The van der Waals surface area contributed by atoms with Gasteiger partial charge in [-0.1, -0.05) is 30.3 Å². The summed E-state index contributed by atoms with van der Waals surface area (Å²) in [5.41, 5.74) is 2.25. The molecule has 1 heterocycles. The zero-order chi connectivity index (χ0) is 16.9. The van der Waals surface area contributed by atoms with Gasteiger partial charge < -0.3 is 9.47 Å². The van der Waals surface area contributed by atoms with E-state index in [1.165, 1.54) is 11.3 Å². The Kier molecular flexibility index (Phi) is 4.91. The third-order valence-corrected chi connectivity index (χ3v) is 4.62. The minimum Gasteiger partial charge on any atom is -0.497 e. The van der Waals surface area contributed by atoms with E-state index in [-0.39, 0.29) is 0 Å². The molecule has 3 rings (SSSR count). The van der Waals surface area contributed by atoms with Gasteiger partial charge in [0.25, 0.3) is 0 Å². The molecule has 0 aliphatic carbocycles. The summed E-state index contributed by atoms with van der Waals surface area (Å²) in [4.78, 5) is 17.6. The highest BCUT2D eigenvalue weighted by Gasteiger charge is 2.21. The number of thiazole rings is 1. The topological polar surface area (TPSA) is 48.4 Å². The van der Waals surface area contributed by atoms with Crippen LogP contribution in [0.3, 0.4) is 0 Å². The molecule has 1 aromatic heterocycles. The van der Waals surface area contributed by atoms with Gasteiger partial charge in [-0.3, -0.25) is 0 Å². The van der Waals surface area contributed by atoms with E-state index >= 15 is 0 Å². The van der Waals surface area contributed by atoms with Gasteiger partial charge in [-0.25, -0.2) is 9.78 Å². The summed E-state index contributed by atoms with van der Waals surface area (Å²) < 4.78 is 10.4. The molecule has 3 aromatic rings. The molecule has 122 valence electrons. The fourth-order valence-corrected chi connectivity index (χ4v) is 3.36. The molecular formula is C19H17NO3S. The molecule has 0 atom stereocenters. The summed E-state index contributed by atoms with van der Waals surface area (Å²) in [7, 11) is 1.62. The first-order valence-corrected chi connectivity index (χ1v) is 8.42. The summed E-state index contributed by atoms with van der Waals surface area (Å²) in [5.74, 6) is 0.367. The number of esters is 1. The van der Waals surface area contributed by atoms with Gasteiger partial charge in [-0.05, 0) is 36.8 Å². The molecule has 0 aliphatic rings. The molecular weight excluding hydrogens is 322 g/mol. The number of nitrogens with zero attached hydrogens (tertiary/aromatic N) is 1. The fraction of sp³-hybridized carbons (Fsp3) is 0.158. The molecule has 0 bridgehead atoms. The minimum absolute atomic E-state index is 0.319. The van der Waals surface area contributed by atoms with Crippen LogP contribution in [0.15, 0.2) is 54.6 Å². The van der Waals surface area contributed by atoms with Crippen molar-refractivity contribution in [2.24, 2.45) is 0 Å². The number of methoxy groups -OCH3 is 1. The van der Waals surface area contributed by atoms with E-state index in [0.29, 0.717) is 12.3 Å². The molecule has 24 heavy (non-hydrogen) atoms. The van der Waals surface area contributed by atoms with Crippen molar-refractivity contribution in [3.8, 4) is 26.8 Å². The Morgan fingerprint density at radius 1 is 1.04 bits per heavy atom. The van der Waals surface area contributed by atoms with Gasteiger partial charge in [0.15, 0.2) is 5.69 Å². The van der Waals surface area contributed by atoms with Gasteiger partial charge in [0.2, 0.25) is 0 Å². The molecule has 4 nitrogen and oxygen atoms in total. The smallest absolute Gasteiger partial charge is 0.358 e. The lowest BCUT2D eigenvalue weighted by molar-refractivity contribution is 0.0521. The summed E-state index contributed by atoms with van der Waals surface area (Å²) in [6, 6.07) is 17.4. The van der Waals surface area contributed by atoms with Crippen molar-refractivity contribution >= 4 is 17.3 Å². The van der Waals surface area contributed by atoms with Crippen LogP contribution in [-0.2, 0) is 4.74 Å². The summed E-state index contributed by atoms with van der Waals surface area (Å²) in [6.07, 6.45) is 0. The lowest BCUT2D eigenvalue weighted by Gasteiger charge is -2.04. The number of rotatable bonds is 5. The highest BCUT2D eigenvalue weighted by molar-refractivity contribution is 7.18. The second kappa shape index (κ2) is 7.27. The maximum absolute atomic E-state index is 12.3. The largest absolute Gasteiger partial charge is 0.497 e. The van der Waals surface area contributed by atoms with E-state index in [2.05, 4.69) is 4.98 Å². The molecule has 2 aromatic carbocycles. The van der Waals surface area contributed by atoms with Crippen molar-refractivity contribution in [1.82, 2.24) is 4.98 Å². The lowest BCUT2D eigenvalue weighted by atomic mass is 10.1. The number of hydrogen-bond acceptors (Lipinski definition) is 5. The van der Waals surface area contributed by atoms with Crippen molar-refractivity contribution in [2.45, 2.75) is 6.92 Å². The van der Waals surface area contributed by atoms with E-state index < -0.39 is 5.97 Å². The number of carbonyl (C=O) groups excluding carboxylic acids is 1. The Labute approximate surface area is 144 Å². The number of hydrogen-bond donors (Lipinski definition) is 0. The van der Waals surface area contributed by atoms with E-state index in [1.54, 1.807) is 14.0 Å². The maximum atomic E-state index is 12.3. The number of benzene rings is 2. The predicted molar refractivity (Wildman–Crippen MR) is 95.5 cm³/mol. The molecule has 0 amide bonds. The normalized spacial score (nSPS) is 10.4. The Morgan fingerprint density at radius 3 is 2.38 bits per heavy atom. The Morgan fingerprint density at radius 2 is 1.75 bits per heavy atom. The second-order valence-corrected chi connectivity index (χ2v) is 6.01. The first kappa shape index (κ1) is 16.2. The molecule has 0 saturated heterocycles. The Bertz CT molecular complexity index is 826. The van der Waals surface area contributed by atoms with Gasteiger partial charge in [0.1, 0.15) is 10.8 Å². The number of carbonyl (C=O) groups is 1. The monoisotopic (exact) mass is 339 g/mol. The van der Waals surface area contributed by atoms with E-state index in [0.717, 1.165) is 26.8 Å². The van der Waals surface area contributed by atoms with Gasteiger partial charge in [0, 0.05) is 5.56 Å². The first-order valence-electron chi connectivity index (χ1n) is 7.60. The van der Waals surface area contributed by atoms with Crippen molar-refractivity contribution in [3.05, 3.63) is 60.3 Å². The van der Waals surface area contributed by atoms with Gasteiger partial charge >= 0.3 is 5.97 Å². The van der Waals surface area contributed by atoms with Crippen molar-refractivity contribution in [2.75, 3.05) is 13.7 Å². The Balaban J connectivity index is 2.08. The summed E-state index contributed by atoms with van der Waals surface area (Å²) in [6.45, 7) is 2.11. The van der Waals surface area contributed by atoms with Crippen LogP contribution < -0.4 is 4.74 Å². The SMILES string of the molecule is CCOC(=O)c1nc(-c2ccccc2)sc1-c1ccc(OC)cc1. The molecule has 0 aliphatic heterocycles.